The van der Waals surface area contributed by atoms with Crippen LogP contribution in [0.4, 0.5) is 5.69 Å². The zero-order chi connectivity index (χ0) is 15.8. The smallest absolute Gasteiger partial charge is 0.0901 e. The molecule has 1 unspecified atom stereocenters. The molecule has 1 aromatic carbocycles. The van der Waals surface area contributed by atoms with Crippen LogP contribution in [0.15, 0.2) is 35.7 Å². The highest BCUT2D eigenvalue weighted by Gasteiger charge is 2.42. The SMILES string of the molecule is CCc1ccc2c(c1)C1O[C@H](CO)CC[C@@H]1[C@@H](c1cccs1)N2. The number of ether oxygens (including phenoxy) is 1. The molecule has 2 aliphatic heterocycles. The van der Waals surface area contributed by atoms with Crippen molar-refractivity contribution in [2.24, 2.45) is 5.92 Å². The Kier molecular flexibility index (Phi) is 4.14. The zero-order valence-corrected chi connectivity index (χ0v) is 14.2. The van der Waals surface area contributed by atoms with Crippen molar-refractivity contribution in [1.82, 2.24) is 0 Å². The molecule has 0 amide bonds. The van der Waals surface area contributed by atoms with Crippen LogP contribution in [0.2, 0.25) is 0 Å². The number of thiophene rings is 1. The van der Waals surface area contributed by atoms with E-state index in [2.05, 4.69) is 48.0 Å². The van der Waals surface area contributed by atoms with Gasteiger partial charge in [-0.25, -0.2) is 0 Å². The average Bonchev–Trinajstić information content (AvgIpc) is 3.14. The largest absolute Gasteiger partial charge is 0.394 e. The molecule has 3 nitrogen and oxygen atoms in total. The summed E-state index contributed by atoms with van der Waals surface area (Å²) in [5.41, 5.74) is 3.79. The molecule has 23 heavy (non-hydrogen) atoms. The third kappa shape index (κ3) is 2.69. The molecular weight excluding hydrogens is 306 g/mol. The summed E-state index contributed by atoms with van der Waals surface area (Å²) in [5, 5.41) is 15.4. The van der Waals surface area contributed by atoms with Crippen molar-refractivity contribution in [1.29, 1.82) is 0 Å². The number of anilines is 1. The van der Waals surface area contributed by atoms with E-state index in [-0.39, 0.29) is 18.8 Å². The fourth-order valence-electron chi connectivity index (χ4n) is 3.91. The van der Waals surface area contributed by atoms with Gasteiger partial charge in [-0.3, -0.25) is 0 Å². The first-order valence-electron chi connectivity index (χ1n) is 8.49. The van der Waals surface area contributed by atoms with Crippen molar-refractivity contribution in [3.8, 4) is 0 Å². The lowest BCUT2D eigenvalue weighted by atomic mass is 9.78. The van der Waals surface area contributed by atoms with E-state index in [1.165, 1.54) is 21.7 Å². The van der Waals surface area contributed by atoms with Gasteiger partial charge in [0.25, 0.3) is 0 Å². The Morgan fingerprint density at radius 1 is 1.30 bits per heavy atom. The zero-order valence-electron chi connectivity index (χ0n) is 13.4. The van der Waals surface area contributed by atoms with Gasteiger partial charge in [-0.15, -0.1) is 11.3 Å². The molecule has 1 aromatic heterocycles. The first-order chi connectivity index (χ1) is 11.3. The summed E-state index contributed by atoms with van der Waals surface area (Å²) in [4.78, 5) is 1.37. The quantitative estimate of drug-likeness (QED) is 0.882. The number of hydrogen-bond donors (Lipinski definition) is 2. The summed E-state index contributed by atoms with van der Waals surface area (Å²) in [6, 6.07) is 11.3. The highest BCUT2D eigenvalue weighted by molar-refractivity contribution is 7.10. The summed E-state index contributed by atoms with van der Waals surface area (Å²) in [5.74, 6) is 0.427. The van der Waals surface area contributed by atoms with Crippen molar-refractivity contribution in [2.75, 3.05) is 11.9 Å². The van der Waals surface area contributed by atoms with Crippen LogP contribution in [-0.4, -0.2) is 17.8 Å². The molecular formula is C19H23NO2S. The van der Waals surface area contributed by atoms with Gasteiger partial charge >= 0.3 is 0 Å². The number of nitrogens with one attached hydrogen (secondary N) is 1. The summed E-state index contributed by atoms with van der Waals surface area (Å²) in [7, 11) is 0. The highest BCUT2D eigenvalue weighted by Crippen LogP contribution is 2.51. The van der Waals surface area contributed by atoms with E-state index in [0.717, 1.165) is 19.3 Å². The molecule has 2 aliphatic rings. The van der Waals surface area contributed by atoms with Crippen LogP contribution in [0.25, 0.3) is 0 Å². The van der Waals surface area contributed by atoms with Crippen LogP contribution in [-0.2, 0) is 11.2 Å². The third-order valence-electron chi connectivity index (χ3n) is 5.17. The minimum Gasteiger partial charge on any atom is -0.394 e. The molecule has 0 spiro atoms. The third-order valence-corrected chi connectivity index (χ3v) is 6.13. The fraction of sp³-hybridized carbons (Fsp3) is 0.474. The molecule has 4 atom stereocenters. The van der Waals surface area contributed by atoms with E-state index >= 15 is 0 Å². The Morgan fingerprint density at radius 3 is 2.96 bits per heavy atom. The second kappa shape index (κ2) is 6.27. The summed E-state index contributed by atoms with van der Waals surface area (Å²) < 4.78 is 6.31. The number of aryl methyl sites for hydroxylation is 1. The number of rotatable bonds is 3. The van der Waals surface area contributed by atoms with Crippen molar-refractivity contribution in [3.05, 3.63) is 51.7 Å². The first kappa shape index (κ1) is 15.2. The van der Waals surface area contributed by atoms with Gasteiger partial charge < -0.3 is 15.2 Å². The van der Waals surface area contributed by atoms with Crippen molar-refractivity contribution >= 4 is 17.0 Å². The van der Waals surface area contributed by atoms with E-state index in [0.29, 0.717) is 12.0 Å². The molecule has 0 saturated carbocycles. The van der Waals surface area contributed by atoms with E-state index < -0.39 is 0 Å². The van der Waals surface area contributed by atoms with Gasteiger partial charge in [-0.05, 0) is 42.3 Å². The lowest BCUT2D eigenvalue weighted by molar-refractivity contribution is -0.109. The normalized spacial score (nSPS) is 29.5. The summed E-state index contributed by atoms with van der Waals surface area (Å²) in [6.45, 7) is 2.30. The van der Waals surface area contributed by atoms with E-state index in [1.807, 2.05) is 0 Å². The molecule has 122 valence electrons. The topological polar surface area (TPSA) is 41.5 Å². The maximum Gasteiger partial charge on any atom is 0.0901 e. The molecule has 4 heteroatoms. The second-order valence-electron chi connectivity index (χ2n) is 6.52. The lowest BCUT2D eigenvalue weighted by Gasteiger charge is -2.45. The Morgan fingerprint density at radius 2 is 2.22 bits per heavy atom. The van der Waals surface area contributed by atoms with E-state index in [1.54, 1.807) is 11.3 Å². The molecule has 2 N–H and O–H groups in total. The molecule has 4 rings (SSSR count). The van der Waals surface area contributed by atoms with Crippen LogP contribution in [0, 0.1) is 5.92 Å². The molecule has 0 aliphatic carbocycles. The molecule has 2 aromatic rings. The highest BCUT2D eigenvalue weighted by atomic mass is 32.1. The van der Waals surface area contributed by atoms with E-state index in [4.69, 9.17) is 4.74 Å². The van der Waals surface area contributed by atoms with Crippen molar-refractivity contribution < 1.29 is 9.84 Å². The van der Waals surface area contributed by atoms with Gasteiger partial charge in [-0.1, -0.05) is 25.1 Å². The summed E-state index contributed by atoms with van der Waals surface area (Å²) >= 11 is 1.81. The van der Waals surface area contributed by atoms with Gasteiger partial charge in [0.05, 0.1) is 24.9 Å². The Balaban J connectivity index is 1.75. The minimum atomic E-state index is -0.0310. The first-order valence-corrected chi connectivity index (χ1v) is 9.37. The van der Waals surface area contributed by atoms with Crippen LogP contribution in [0.5, 0.6) is 0 Å². The van der Waals surface area contributed by atoms with E-state index in [9.17, 15) is 5.11 Å². The minimum absolute atomic E-state index is 0.0310. The van der Waals surface area contributed by atoms with Crippen molar-refractivity contribution in [2.45, 2.75) is 44.4 Å². The molecule has 1 saturated heterocycles. The molecule has 3 heterocycles. The van der Waals surface area contributed by atoms with Crippen LogP contribution < -0.4 is 5.32 Å². The lowest BCUT2D eigenvalue weighted by Crippen LogP contribution is -2.39. The van der Waals surface area contributed by atoms with Gasteiger partial charge in [-0.2, -0.15) is 0 Å². The van der Waals surface area contributed by atoms with Gasteiger partial charge in [0.2, 0.25) is 0 Å². The maximum atomic E-state index is 9.54. The predicted octanol–water partition coefficient (Wildman–Crippen LogP) is 4.31. The van der Waals surface area contributed by atoms with Gasteiger partial charge in [0, 0.05) is 22.0 Å². The number of aliphatic hydroxyl groups is 1. The van der Waals surface area contributed by atoms with Crippen LogP contribution in [0.1, 0.15) is 47.9 Å². The van der Waals surface area contributed by atoms with Crippen LogP contribution >= 0.6 is 11.3 Å². The second-order valence-corrected chi connectivity index (χ2v) is 7.49. The Bertz CT molecular complexity index is 670. The molecule has 0 radical (unpaired) electrons. The van der Waals surface area contributed by atoms with Crippen LogP contribution in [0.3, 0.4) is 0 Å². The number of benzene rings is 1. The Labute approximate surface area is 141 Å². The number of aliphatic hydroxyl groups excluding tert-OH is 1. The van der Waals surface area contributed by atoms with Crippen molar-refractivity contribution in [3.63, 3.8) is 0 Å². The molecule has 0 bridgehead atoms. The van der Waals surface area contributed by atoms with Gasteiger partial charge in [0.1, 0.15) is 0 Å². The van der Waals surface area contributed by atoms with Gasteiger partial charge in [0.15, 0.2) is 0 Å². The maximum absolute atomic E-state index is 9.54. The summed E-state index contributed by atoms with van der Waals surface area (Å²) in [6.07, 6.45) is 3.10. The standard InChI is InChI=1S/C19H23NO2S/c1-2-12-5-8-16-15(10-12)19-14(7-6-13(11-21)22-19)18(20-16)17-4-3-9-23-17/h3-5,8-10,13-14,18-21H,2,6-7,11H2,1H3/t13-,14+,18-,19?/m0/s1. The monoisotopic (exact) mass is 329 g/mol. The predicted molar refractivity (Wildman–Crippen MR) is 93.9 cm³/mol. The number of hydrogen-bond acceptors (Lipinski definition) is 4. The number of fused-ring (bicyclic) bond motifs is 3. The fourth-order valence-corrected chi connectivity index (χ4v) is 4.76. The average molecular weight is 329 g/mol. The molecule has 1 fully saturated rings. The Hall–Kier alpha value is -1.36.